The van der Waals surface area contributed by atoms with E-state index in [2.05, 4.69) is 5.32 Å². The summed E-state index contributed by atoms with van der Waals surface area (Å²) in [6.45, 7) is 1.56. The third-order valence-electron chi connectivity index (χ3n) is 4.99. The van der Waals surface area contributed by atoms with E-state index in [1.807, 2.05) is 12.1 Å². The van der Waals surface area contributed by atoms with Gasteiger partial charge in [0.15, 0.2) is 0 Å². The predicted octanol–water partition coefficient (Wildman–Crippen LogP) is 2.75. The highest BCUT2D eigenvalue weighted by Gasteiger charge is 2.34. The number of anilines is 1. The van der Waals surface area contributed by atoms with E-state index in [4.69, 9.17) is 21.4 Å². The molecule has 2 aromatic rings. The smallest absolute Gasteiger partial charge is 0.407 e. The van der Waals surface area contributed by atoms with Gasteiger partial charge in [0, 0.05) is 12.1 Å². The molecule has 2 aromatic carbocycles. The number of rotatable bonds is 5. The Kier molecular flexibility index (Phi) is 6.47. The first-order valence-electron chi connectivity index (χ1n) is 9.32. The quantitative estimate of drug-likeness (QED) is 0.758. The van der Waals surface area contributed by atoms with Gasteiger partial charge in [-0.15, -0.1) is 0 Å². The number of ether oxygens (including phenoxy) is 1. The molecule has 0 aromatic heterocycles. The number of para-hydroxylation sites is 2. The Balaban J connectivity index is 1.88. The summed E-state index contributed by atoms with van der Waals surface area (Å²) in [6.07, 6.45) is -1.24. The molecule has 9 heteroatoms. The largest absolute Gasteiger partial charge is 0.489 e. The van der Waals surface area contributed by atoms with Crippen LogP contribution >= 0.6 is 11.6 Å². The maximum Gasteiger partial charge on any atom is 0.407 e. The second-order valence-electron chi connectivity index (χ2n) is 6.93. The summed E-state index contributed by atoms with van der Waals surface area (Å²) < 4.78 is 5.78. The first-order chi connectivity index (χ1) is 14.3. The molecule has 0 radical (unpaired) electrons. The molecule has 2 N–H and O–H groups in total. The summed E-state index contributed by atoms with van der Waals surface area (Å²) in [4.78, 5) is 39.4. The highest BCUT2D eigenvalue weighted by atomic mass is 35.5. The van der Waals surface area contributed by atoms with Crippen molar-refractivity contribution in [3.05, 3.63) is 59.1 Å². The molecule has 1 heterocycles. The molecule has 0 spiro atoms. The molecule has 3 rings (SSSR count). The Morgan fingerprint density at radius 1 is 1.27 bits per heavy atom. The number of benzene rings is 2. The lowest BCUT2D eigenvalue weighted by Crippen LogP contribution is -2.55. The van der Waals surface area contributed by atoms with Crippen molar-refractivity contribution in [2.75, 3.05) is 18.6 Å². The van der Waals surface area contributed by atoms with E-state index < -0.39 is 24.1 Å². The molecular formula is C21H22ClN3O5. The molecule has 0 unspecified atom stereocenters. The molecule has 8 nitrogen and oxygen atoms in total. The van der Waals surface area contributed by atoms with Crippen LogP contribution in [-0.4, -0.2) is 53.7 Å². The minimum absolute atomic E-state index is 0.0793. The molecule has 0 aliphatic carbocycles. The summed E-state index contributed by atoms with van der Waals surface area (Å²) in [6, 6.07) is 12.3. The van der Waals surface area contributed by atoms with Crippen LogP contribution in [0.4, 0.5) is 10.5 Å². The Hall–Kier alpha value is -3.26. The molecule has 0 fully saturated rings. The number of likely N-dealkylation sites (N-methyl/N-ethyl adjacent to an activating group) is 1. The third-order valence-corrected chi connectivity index (χ3v) is 5.36. The summed E-state index contributed by atoms with van der Waals surface area (Å²) >= 11 is 6.29. The zero-order chi connectivity index (χ0) is 21.8. The average molecular weight is 432 g/mol. The SMILES string of the molecule is C[C@@H](C(=O)N[C@H]1COc2ccccc2N(Cc2ccccc2Cl)C1=O)N(C)C(=O)O. The molecule has 1 aliphatic heterocycles. The van der Waals surface area contributed by atoms with Gasteiger partial charge in [0.25, 0.3) is 5.91 Å². The Bertz CT molecular complexity index is 967. The van der Waals surface area contributed by atoms with Crippen LogP contribution in [0.1, 0.15) is 12.5 Å². The fourth-order valence-corrected chi connectivity index (χ4v) is 3.25. The van der Waals surface area contributed by atoms with Crippen LogP contribution in [0.15, 0.2) is 48.5 Å². The fraction of sp³-hybridized carbons (Fsp3) is 0.286. The van der Waals surface area contributed by atoms with E-state index in [9.17, 15) is 14.4 Å². The molecule has 0 saturated heterocycles. The van der Waals surface area contributed by atoms with E-state index in [0.717, 1.165) is 10.5 Å². The zero-order valence-corrected chi connectivity index (χ0v) is 17.3. The molecule has 2 atom stereocenters. The monoisotopic (exact) mass is 431 g/mol. The van der Waals surface area contributed by atoms with Gasteiger partial charge in [-0.05, 0) is 30.7 Å². The van der Waals surface area contributed by atoms with Gasteiger partial charge in [0.2, 0.25) is 5.91 Å². The van der Waals surface area contributed by atoms with Crippen LogP contribution in [0.3, 0.4) is 0 Å². The minimum Gasteiger partial charge on any atom is -0.489 e. The molecule has 3 amide bonds. The highest BCUT2D eigenvalue weighted by Crippen LogP contribution is 2.33. The first-order valence-corrected chi connectivity index (χ1v) is 9.70. The Morgan fingerprint density at radius 2 is 1.93 bits per heavy atom. The van der Waals surface area contributed by atoms with Gasteiger partial charge in [-0.3, -0.25) is 14.5 Å². The van der Waals surface area contributed by atoms with Gasteiger partial charge < -0.3 is 20.1 Å². The van der Waals surface area contributed by atoms with Crippen LogP contribution in [0.25, 0.3) is 0 Å². The van der Waals surface area contributed by atoms with Crippen molar-refractivity contribution in [2.24, 2.45) is 0 Å². The van der Waals surface area contributed by atoms with Crippen LogP contribution in [0.2, 0.25) is 5.02 Å². The average Bonchev–Trinajstić information content (AvgIpc) is 2.86. The lowest BCUT2D eigenvalue weighted by molar-refractivity contribution is -0.130. The Morgan fingerprint density at radius 3 is 2.63 bits per heavy atom. The van der Waals surface area contributed by atoms with Crippen molar-refractivity contribution in [3.8, 4) is 5.75 Å². The predicted molar refractivity (Wildman–Crippen MR) is 112 cm³/mol. The first kappa shape index (κ1) is 21.4. The van der Waals surface area contributed by atoms with Gasteiger partial charge in [-0.2, -0.15) is 0 Å². The van der Waals surface area contributed by atoms with Crippen LogP contribution in [0, 0.1) is 0 Å². The number of nitrogens with zero attached hydrogens (tertiary/aromatic N) is 2. The summed E-state index contributed by atoms with van der Waals surface area (Å²) in [5.41, 5.74) is 1.31. The van der Waals surface area contributed by atoms with Crippen LogP contribution in [0.5, 0.6) is 5.75 Å². The van der Waals surface area contributed by atoms with Crippen molar-refractivity contribution in [1.82, 2.24) is 10.2 Å². The van der Waals surface area contributed by atoms with Crippen LogP contribution < -0.4 is 15.0 Å². The minimum atomic E-state index is -1.24. The number of hydrogen-bond acceptors (Lipinski definition) is 4. The van der Waals surface area contributed by atoms with Gasteiger partial charge in [-0.1, -0.05) is 41.9 Å². The van der Waals surface area contributed by atoms with E-state index in [0.29, 0.717) is 16.5 Å². The number of carbonyl (C=O) groups excluding carboxylic acids is 2. The lowest BCUT2D eigenvalue weighted by Gasteiger charge is -2.27. The number of amides is 3. The molecule has 1 aliphatic rings. The molecule has 0 bridgehead atoms. The summed E-state index contributed by atoms with van der Waals surface area (Å²) in [5, 5.41) is 12.2. The maximum absolute atomic E-state index is 13.3. The topological polar surface area (TPSA) is 99.2 Å². The normalized spacial score (nSPS) is 16.7. The van der Waals surface area contributed by atoms with E-state index in [1.165, 1.54) is 18.9 Å². The number of hydrogen-bond donors (Lipinski definition) is 2. The lowest BCUT2D eigenvalue weighted by atomic mass is 10.1. The second kappa shape index (κ2) is 9.04. The molecular weight excluding hydrogens is 410 g/mol. The van der Waals surface area contributed by atoms with Gasteiger partial charge in [-0.25, -0.2) is 4.79 Å². The summed E-state index contributed by atoms with van der Waals surface area (Å²) in [7, 11) is 1.29. The third kappa shape index (κ3) is 4.49. The number of nitrogens with one attached hydrogen (secondary N) is 1. The van der Waals surface area contributed by atoms with Crippen LogP contribution in [-0.2, 0) is 16.1 Å². The van der Waals surface area contributed by atoms with Gasteiger partial charge in [0.1, 0.15) is 24.4 Å². The number of carboxylic acid groups (broad SMARTS) is 1. The maximum atomic E-state index is 13.3. The second-order valence-corrected chi connectivity index (χ2v) is 7.33. The number of fused-ring (bicyclic) bond motifs is 1. The Labute approximate surface area is 179 Å². The van der Waals surface area contributed by atoms with E-state index >= 15 is 0 Å². The van der Waals surface area contributed by atoms with E-state index in [1.54, 1.807) is 36.4 Å². The zero-order valence-electron chi connectivity index (χ0n) is 16.5. The van der Waals surface area contributed by atoms with Crippen molar-refractivity contribution >= 4 is 35.2 Å². The fourth-order valence-electron chi connectivity index (χ4n) is 3.05. The standard InChI is InChI=1S/C21H22ClN3O5/c1-13(24(2)21(28)29)19(26)23-16-12-30-18-10-6-5-9-17(18)25(20(16)27)11-14-7-3-4-8-15(14)22/h3-10,13,16H,11-12H2,1-2H3,(H,23,26)(H,28,29)/t13-,16-/m0/s1. The number of carbonyl (C=O) groups is 3. The molecule has 158 valence electrons. The molecule has 30 heavy (non-hydrogen) atoms. The van der Waals surface area contributed by atoms with Crippen molar-refractivity contribution in [1.29, 1.82) is 0 Å². The summed E-state index contributed by atoms with van der Waals surface area (Å²) in [5.74, 6) is -0.464. The van der Waals surface area contributed by atoms with Crippen molar-refractivity contribution in [2.45, 2.75) is 25.6 Å². The molecule has 0 saturated carbocycles. The van der Waals surface area contributed by atoms with Gasteiger partial charge in [0.05, 0.1) is 12.2 Å². The van der Waals surface area contributed by atoms with Crippen molar-refractivity contribution < 1.29 is 24.2 Å². The van der Waals surface area contributed by atoms with Crippen molar-refractivity contribution in [3.63, 3.8) is 0 Å². The highest BCUT2D eigenvalue weighted by molar-refractivity contribution is 6.31. The van der Waals surface area contributed by atoms with Gasteiger partial charge >= 0.3 is 6.09 Å². The van der Waals surface area contributed by atoms with E-state index in [-0.39, 0.29) is 19.1 Å². The number of halogens is 1.